The van der Waals surface area contributed by atoms with E-state index in [0.29, 0.717) is 0 Å². The van der Waals surface area contributed by atoms with Crippen LogP contribution in [0.4, 0.5) is 0 Å². The standard InChI is InChI=1S/C6H9NO2/c8-1-3-4(2-9)6-5(3)7-6/h3-4,7-9H,1-2H2. The first-order chi connectivity index (χ1) is 4.38. The quantitative estimate of drug-likeness (QED) is 0.447. The van der Waals surface area contributed by atoms with Gasteiger partial charge in [-0.25, -0.2) is 0 Å². The van der Waals surface area contributed by atoms with E-state index in [0.717, 1.165) is 11.4 Å². The first-order valence-corrected chi connectivity index (χ1v) is 3.11. The Hall–Kier alpha value is -0.540. The van der Waals surface area contributed by atoms with Gasteiger partial charge in [-0.2, -0.15) is 0 Å². The fourth-order valence-electron chi connectivity index (χ4n) is 1.44. The first-order valence-electron chi connectivity index (χ1n) is 3.11. The lowest BCUT2D eigenvalue weighted by atomic mass is 9.84. The van der Waals surface area contributed by atoms with Gasteiger partial charge in [0.2, 0.25) is 0 Å². The SMILES string of the molecule is OCC1C2=C(N2)C1CO. The Morgan fingerprint density at radius 3 is 1.89 bits per heavy atom. The number of hydrogen-bond donors (Lipinski definition) is 3. The fourth-order valence-corrected chi connectivity index (χ4v) is 1.44. The second-order valence-corrected chi connectivity index (χ2v) is 2.53. The van der Waals surface area contributed by atoms with E-state index in [9.17, 15) is 0 Å². The lowest BCUT2D eigenvalue weighted by molar-refractivity contribution is 0.154. The van der Waals surface area contributed by atoms with Crippen molar-refractivity contribution >= 4 is 0 Å². The summed E-state index contributed by atoms with van der Waals surface area (Å²) >= 11 is 0. The van der Waals surface area contributed by atoms with Crippen molar-refractivity contribution in [3.05, 3.63) is 11.4 Å². The lowest BCUT2D eigenvalue weighted by Gasteiger charge is -2.20. The largest absolute Gasteiger partial charge is 0.396 e. The summed E-state index contributed by atoms with van der Waals surface area (Å²) in [5.41, 5.74) is 2.33. The molecule has 0 aromatic heterocycles. The minimum Gasteiger partial charge on any atom is -0.396 e. The van der Waals surface area contributed by atoms with E-state index >= 15 is 0 Å². The predicted molar refractivity (Wildman–Crippen MR) is 31.3 cm³/mol. The molecule has 0 amide bonds. The van der Waals surface area contributed by atoms with Gasteiger partial charge >= 0.3 is 0 Å². The van der Waals surface area contributed by atoms with Gasteiger partial charge in [-0.3, -0.25) is 0 Å². The molecular weight excluding hydrogens is 118 g/mol. The summed E-state index contributed by atoms with van der Waals surface area (Å²) in [6, 6.07) is 0. The number of aliphatic hydroxyl groups excluding tert-OH is 2. The van der Waals surface area contributed by atoms with Crippen LogP contribution >= 0.6 is 0 Å². The molecule has 0 saturated carbocycles. The Morgan fingerprint density at radius 1 is 1.11 bits per heavy atom. The minimum atomic E-state index is 0.164. The molecule has 0 saturated heterocycles. The molecule has 0 spiro atoms. The van der Waals surface area contributed by atoms with Crippen LogP contribution < -0.4 is 5.32 Å². The Balaban J connectivity index is 2.05. The lowest BCUT2D eigenvalue weighted by Crippen LogP contribution is -2.24. The smallest absolute Gasteiger partial charge is 0.0522 e. The van der Waals surface area contributed by atoms with Crippen molar-refractivity contribution < 1.29 is 10.2 Å². The average Bonchev–Trinajstić information content (AvgIpc) is 2.47. The van der Waals surface area contributed by atoms with E-state index in [-0.39, 0.29) is 25.0 Å². The van der Waals surface area contributed by atoms with Gasteiger partial charge in [0.05, 0.1) is 13.2 Å². The van der Waals surface area contributed by atoms with Crippen molar-refractivity contribution in [1.82, 2.24) is 5.32 Å². The van der Waals surface area contributed by atoms with Crippen LogP contribution in [0.2, 0.25) is 0 Å². The molecule has 0 radical (unpaired) electrons. The fraction of sp³-hybridized carbons (Fsp3) is 0.667. The molecular formula is C6H9NO2. The van der Waals surface area contributed by atoms with E-state index in [1.54, 1.807) is 0 Å². The van der Waals surface area contributed by atoms with Crippen molar-refractivity contribution in [1.29, 1.82) is 0 Å². The van der Waals surface area contributed by atoms with Crippen molar-refractivity contribution in [2.75, 3.05) is 13.2 Å². The molecule has 1 heterocycles. The molecule has 0 bridgehead atoms. The van der Waals surface area contributed by atoms with Crippen molar-refractivity contribution in [2.45, 2.75) is 0 Å². The second kappa shape index (κ2) is 1.49. The number of hydrogen-bond acceptors (Lipinski definition) is 3. The van der Waals surface area contributed by atoms with Crippen LogP contribution in [0.1, 0.15) is 0 Å². The van der Waals surface area contributed by atoms with Crippen LogP contribution in [0, 0.1) is 11.8 Å². The third-order valence-corrected chi connectivity index (χ3v) is 2.12. The van der Waals surface area contributed by atoms with Gasteiger partial charge in [0.15, 0.2) is 0 Å². The summed E-state index contributed by atoms with van der Waals surface area (Å²) in [4.78, 5) is 0. The van der Waals surface area contributed by atoms with E-state index in [1.165, 1.54) is 0 Å². The molecule has 1 aliphatic carbocycles. The summed E-state index contributed by atoms with van der Waals surface area (Å²) in [6.45, 7) is 0.328. The molecule has 2 unspecified atom stereocenters. The van der Waals surface area contributed by atoms with Crippen LogP contribution in [0.25, 0.3) is 0 Å². The highest BCUT2D eigenvalue weighted by atomic mass is 16.3. The van der Waals surface area contributed by atoms with E-state index in [2.05, 4.69) is 5.32 Å². The normalized spacial score (nSPS) is 37.1. The topological polar surface area (TPSA) is 62.4 Å². The summed E-state index contributed by atoms with van der Waals surface area (Å²) < 4.78 is 0. The van der Waals surface area contributed by atoms with Crippen molar-refractivity contribution in [3.63, 3.8) is 0 Å². The average molecular weight is 127 g/mol. The highest BCUT2D eigenvalue weighted by molar-refractivity contribution is 5.45. The maximum absolute atomic E-state index is 8.70. The molecule has 1 aliphatic heterocycles. The summed E-state index contributed by atoms with van der Waals surface area (Å²) in [7, 11) is 0. The zero-order valence-electron chi connectivity index (χ0n) is 4.96. The van der Waals surface area contributed by atoms with Crippen molar-refractivity contribution in [3.8, 4) is 0 Å². The molecule has 50 valence electrons. The third-order valence-electron chi connectivity index (χ3n) is 2.12. The number of nitrogens with one attached hydrogen (secondary N) is 1. The van der Waals surface area contributed by atoms with Crippen LogP contribution in [-0.2, 0) is 0 Å². The van der Waals surface area contributed by atoms with Gasteiger partial charge in [0.1, 0.15) is 0 Å². The Morgan fingerprint density at radius 2 is 1.56 bits per heavy atom. The van der Waals surface area contributed by atoms with Gasteiger partial charge in [0, 0.05) is 23.2 Å². The third kappa shape index (κ3) is 0.483. The van der Waals surface area contributed by atoms with Crippen LogP contribution in [0.15, 0.2) is 11.4 Å². The zero-order chi connectivity index (χ0) is 6.43. The summed E-state index contributed by atoms with van der Waals surface area (Å²) in [5.74, 6) is 0.426. The number of aliphatic hydroxyl groups is 2. The van der Waals surface area contributed by atoms with Crippen LogP contribution in [0.3, 0.4) is 0 Å². The highest BCUT2D eigenvalue weighted by Crippen LogP contribution is 2.47. The zero-order valence-corrected chi connectivity index (χ0v) is 4.96. The van der Waals surface area contributed by atoms with Crippen LogP contribution in [0.5, 0.6) is 0 Å². The van der Waals surface area contributed by atoms with Gasteiger partial charge in [-0.15, -0.1) is 0 Å². The van der Waals surface area contributed by atoms with Crippen molar-refractivity contribution in [2.24, 2.45) is 11.8 Å². The van der Waals surface area contributed by atoms with Gasteiger partial charge in [-0.1, -0.05) is 0 Å². The molecule has 0 aromatic carbocycles. The monoisotopic (exact) mass is 127 g/mol. The molecule has 0 fully saturated rings. The molecule has 2 atom stereocenters. The molecule has 3 nitrogen and oxygen atoms in total. The second-order valence-electron chi connectivity index (χ2n) is 2.53. The van der Waals surface area contributed by atoms with E-state index in [4.69, 9.17) is 10.2 Å². The molecule has 2 aliphatic rings. The molecule has 9 heavy (non-hydrogen) atoms. The first kappa shape index (κ1) is 5.26. The Bertz CT molecular complexity index is 158. The number of rotatable bonds is 2. The Labute approximate surface area is 53.0 Å². The maximum atomic E-state index is 8.70. The van der Waals surface area contributed by atoms with E-state index in [1.807, 2.05) is 0 Å². The Kier molecular flexibility index (Phi) is 0.870. The highest BCUT2D eigenvalue weighted by Gasteiger charge is 2.49. The van der Waals surface area contributed by atoms with Gasteiger partial charge in [0.25, 0.3) is 0 Å². The minimum absolute atomic E-state index is 0.164. The maximum Gasteiger partial charge on any atom is 0.0522 e. The van der Waals surface area contributed by atoms with Gasteiger partial charge < -0.3 is 15.5 Å². The van der Waals surface area contributed by atoms with Crippen LogP contribution in [-0.4, -0.2) is 23.4 Å². The summed E-state index contributed by atoms with van der Waals surface area (Å²) in [6.07, 6.45) is 0. The molecule has 0 aromatic rings. The van der Waals surface area contributed by atoms with E-state index < -0.39 is 0 Å². The van der Waals surface area contributed by atoms with Gasteiger partial charge in [-0.05, 0) is 0 Å². The summed E-state index contributed by atoms with van der Waals surface area (Å²) in [5, 5.41) is 20.4. The molecule has 2 rings (SSSR count). The molecule has 3 heteroatoms. The predicted octanol–water partition coefficient (Wildman–Crippen LogP) is -0.968. The molecule has 3 N–H and O–H groups in total.